The first kappa shape index (κ1) is 19.4. The van der Waals surface area contributed by atoms with E-state index in [1.54, 1.807) is 0 Å². The molecule has 4 rings (SSSR count). The zero-order valence-electron chi connectivity index (χ0n) is 14.8. The molecule has 1 unspecified atom stereocenters. The van der Waals surface area contributed by atoms with Crippen LogP contribution in [0.4, 0.5) is 0 Å². The molecule has 1 aromatic heterocycles. The third kappa shape index (κ3) is 4.66. The molecule has 0 radical (unpaired) electrons. The van der Waals surface area contributed by atoms with E-state index in [1.165, 1.54) is 0 Å². The second-order valence-electron chi connectivity index (χ2n) is 6.29. The van der Waals surface area contributed by atoms with Crippen LogP contribution in [0.1, 0.15) is 18.4 Å². The molecular formula is C20H22ClN3O3. The molecule has 2 aromatic carbocycles. The topological polar surface area (TPSA) is 83.4 Å². The fraction of sp³-hybridized carbons (Fsp3) is 0.300. The first-order valence-electron chi connectivity index (χ1n) is 8.80. The van der Waals surface area contributed by atoms with Gasteiger partial charge in [-0.05, 0) is 42.7 Å². The van der Waals surface area contributed by atoms with Gasteiger partial charge in [-0.25, -0.2) is 0 Å². The maximum atomic E-state index is 5.78. The van der Waals surface area contributed by atoms with E-state index < -0.39 is 0 Å². The Balaban J connectivity index is 0.00000210. The first-order valence-corrected chi connectivity index (χ1v) is 8.80. The Hall–Kier alpha value is -2.41. The molecule has 7 heteroatoms. The highest BCUT2D eigenvalue weighted by Crippen LogP contribution is 2.25. The number of hydrogen-bond acceptors (Lipinski definition) is 6. The Bertz CT molecular complexity index is 844. The third-order valence-corrected chi connectivity index (χ3v) is 4.44. The molecule has 1 aliphatic rings. The molecule has 3 aromatic rings. The lowest BCUT2D eigenvalue weighted by molar-refractivity contribution is 0.0679. The summed E-state index contributed by atoms with van der Waals surface area (Å²) in [5, 5.41) is 4.06. The molecule has 1 saturated heterocycles. The quantitative estimate of drug-likeness (QED) is 0.691. The Morgan fingerprint density at radius 1 is 1.04 bits per heavy atom. The van der Waals surface area contributed by atoms with Crippen molar-refractivity contribution < 1.29 is 14.0 Å². The van der Waals surface area contributed by atoms with Gasteiger partial charge in [-0.1, -0.05) is 29.4 Å². The van der Waals surface area contributed by atoms with Gasteiger partial charge in [-0.15, -0.1) is 12.4 Å². The second-order valence-corrected chi connectivity index (χ2v) is 6.29. The van der Waals surface area contributed by atoms with Gasteiger partial charge in [0.15, 0.2) is 0 Å². The molecule has 2 N–H and O–H groups in total. The van der Waals surface area contributed by atoms with Gasteiger partial charge in [0.05, 0.1) is 6.10 Å². The molecule has 27 heavy (non-hydrogen) atoms. The van der Waals surface area contributed by atoms with Gasteiger partial charge >= 0.3 is 0 Å². The van der Waals surface area contributed by atoms with Crippen molar-refractivity contribution in [3.8, 4) is 28.6 Å². The summed E-state index contributed by atoms with van der Waals surface area (Å²) in [6.45, 7) is 1.93. The highest BCUT2D eigenvalue weighted by atomic mass is 35.5. The zero-order valence-corrected chi connectivity index (χ0v) is 15.7. The van der Waals surface area contributed by atoms with E-state index in [4.69, 9.17) is 19.7 Å². The lowest BCUT2D eigenvalue weighted by Crippen LogP contribution is -2.16. The number of benzene rings is 2. The molecule has 0 spiro atoms. The van der Waals surface area contributed by atoms with E-state index in [-0.39, 0.29) is 18.5 Å². The Kier molecular flexibility index (Phi) is 6.45. The van der Waals surface area contributed by atoms with Crippen LogP contribution in [0.15, 0.2) is 53.1 Å². The molecule has 1 atom stereocenters. The van der Waals surface area contributed by atoms with Gasteiger partial charge in [0.2, 0.25) is 5.82 Å². The Morgan fingerprint density at radius 3 is 2.44 bits per heavy atom. The van der Waals surface area contributed by atoms with Crippen LogP contribution < -0.4 is 10.5 Å². The minimum atomic E-state index is 0. The van der Waals surface area contributed by atoms with Crippen molar-refractivity contribution in [2.45, 2.75) is 25.5 Å². The van der Waals surface area contributed by atoms with Crippen LogP contribution in [-0.2, 0) is 11.3 Å². The average molecular weight is 388 g/mol. The van der Waals surface area contributed by atoms with Crippen molar-refractivity contribution in [1.82, 2.24) is 10.1 Å². The van der Waals surface area contributed by atoms with Gasteiger partial charge in [0.25, 0.3) is 5.89 Å². The average Bonchev–Trinajstić information content (AvgIpc) is 3.39. The van der Waals surface area contributed by atoms with Crippen LogP contribution in [0.25, 0.3) is 22.8 Å². The molecule has 1 aliphatic heterocycles. The van der Waals surface area contributed by atoms with E-state index in [0.29, 0.717) is 24.9 Å². The minimum absolute atomic E-state index is 0. The number of aromatic nitrogens is 2. The minimum Gasteiger partial charge on any atom is -0.491 e. The predicted octanol–water partition coefficient (Wildman–Crippen LogP) is 3.84. The van der Waals surface area contributed by atoms with E-state index in [0.717, 1.165) is 41.9 Å². The van der Waals surface area contributed by atoms with E-state index in [1.807, 2.05) is 48.5 Å². The monoisotopic (exact) mass is 387 g/mol. The maximum absolute atomic E-state index is 5.78. The Labute approximate surface area is 164 Å². The highest BCUT2D eigenvalue weighted by Gasteiger charge is 2.16. The van der Waals surface area contributed by atoms with E-state index in [2.05, 4.69) is 10.1 Å². The van der Waals surface area contributed by atoms with Crippen molar-refractivity contribution in [3.05, 3.63) is 54.1 Å². The fourth-order valence-corrected chi connectivity index (χ4v) is 2.91. The summed E-state index contributed by atoms with van der Waals surface area (Å²) >= 11 is 0. The van der Waals surface area contributed by atoms with Crippen molar-refractivity contribution in [2.75, 3.05) is 13.2 Å². The molecule has 0 aliphatic carbocycles. The molecular weight excluding hydrogens is 366 g/mol. The smallest absolute Gasteiger partial charge is 0.258 e. The SMILES string of the molecule is Cl.NCc1ccc(-c2noc(-c3ccc(OCC4CCCO4)cc3)n2)cc1. The van der Waals surface area contributed by atoms with Gasteiger partial charge < -0.3 is 19.7 Å². The van der Waals surface area contributed by atoms with Crippen LogP contribution in [0.3, 0.4) is 0 Å². The number of ether oxygens (including phenoxy) is 2. The number of halogens is 1. The van der Waals surface area contributed by atoms with Crippen molar-refractivity contribution in [2.24, 2.45) is 5.73 Å². The zero-order chi connectivity index (χ0) is 17.8. The third-order valence-electron chi connectivity index (χ3n) is 4.44. The van der Waals surface area contributed by atoms with Gasteiger partial charge in [-0.2, -0.15) is 4.98 Å². The second kappa shape index (κ2) is 8.99. The molecule has 6 nitrogen and oxygen atoms in total. The van der Waals surface area contributed by atoms with Crippen LogP contribution in [0.5, 0.6) is 5.75 Å². The summed E-state index contributed by atoms with van der Waals surface area (Å²) < 4.78 is 16.7. The molecule has 0 saturated carbocycles. The van der Waals surface area contributed by atoms with Crippen molar-refractivity contribution >= 4 is 12.4 Å². The molecule has 1 fully saturated rings. The predicted molar refractivity (Wildman–Crippen MR) is 105 cm³/mol. The lowest BCUT2D eigenvalue weighted by atomic mass is 10.1. The van der Waals surface area contributed by atoms with Crippen LogP contribution in [0, 0.1) is 0 Å². The van der Waals surface area contributed by atoms with Gasteiger partial charge in [-0.3, -0.25) is 0 Å². The number of hydrogen-bond donors (Lipinski definition) is 1. The first-order chi connectivity index (χ1) is 12.8. The largest absolute Gasteiger partial charge is 0.491 e. The summed E-state index contributed by atoms with van der Waals surface area (Å²) in [5.41, 5.74) is 8.44. The summed E-state index contributed by atoms with van der Waals surface area (Å²) in [7, 11) is 0. The van der Waals surface area contributed by atoms with Gasteiger partial charge in [0.1, 0.15) is 12.4 Å². The van der Waals surface area contributed by atoms with Crippen LogP contribution in [0.2, 0.25) is 0 Å². The summed E-state index contributed by atoms with van der Waals surface area (Å²) in [5.74, 6) is 1.84. The summed E-state index contributed by atoms with van der Waals surface area (Å²) in [6.07, 6.45) is 2.38. The standard InChI is InChI=1S/C20H21N3O3.ClH/c21-12-14-3-5-15(6-4-14)19-22-20(26-23-19)16-7-9-17(10-8-16)25-13-18-2-1-11-24-18;/h3-10,18H,1-2,11-13,21H2;1H. The Morgan fingerprint density at radius 2 is 1.78 bits per heavy atom. The number of rotatable bonds is 6. The molecule has 142 valence electrons. The fourth-order valence-electron chi connectivity index (χ4n) is 2.91. The number of nitrogens with zero attached hydrogens (tertiary/aromatic N) is 2. The maximum Gasteiger partial charge on any atom is 0.258 e. The van der Waals surface area contributed by atoms with E-state index in [9.17, 15) is 0 Å². The molecule has 2 heterocycles. The lowest BCUT2D eigenvalue weighted by Gasteiger charge is -2.11. The van der Waals surface area contributed by atoms with Crippen LogP contribution >= 0.6 is 12.4 Å². The van der Waals surface area contributed by atoms with Crippen molar-refractivity contribution in [3.63, 3.8) is 0 Å². The van der Waals surface area contributed by atoms with Crippen molar-refractivity contribution in [1.29, 1.82) is 0 Å². The highest BCUT2D eigenvalue weighted by molar-refractivity contribution is 5.85. The molecule has 0 bridgehead atoms. The summed E-state index contributed by atoms with van der Waals surface area (Å²) in [4.78, 5) is 4.48. The number of nitrogens with two attached hydrogens (primary N) is 1. The van der Waals surface area contributed by atoms with Crippen LogP contribution in [-0.4, -0.2) is 29.5 Å². The summed E-state index contributed by atoms with van der Waals surface area (Å²) in [6, 6.07) is 15.5. The molecule has 0 amide bonds. The van der Waals surface area contributed by atoms with E-state index >= 15 is 0 Å². The van der Waals surface area contributed by atoms with Gasteiger partial charge in [0, 0.05) is 24.3 Å². The normalized spacial score (nSPS) is 16.1.